The first-order chi connectivity index (χ1) is 11.0. The van der Waals surface area contributed by atoms with E-state index in [0.29, 0.717) is 5.69 Å². The van der Waals surface area contributed by atoms with Crippen LogP contribution in [-0.4, -0.2) is 21.1 Å². The third-order valence-corrected chi connectivity index (χ3v) is 2.93. The van der Waals surface area contributed by atoms with Crippen molar-refractivity contribution < 1.29 is 17.9 Å². The van der Waals surface area contributed by atoms with Crippen molar-refractivity contribution in [3.05, 3.63) is 53.8 Å². The minimum atomic E-state index is -4.57. The summed E-state index contributed by atoms with van der Waals surface area (Å²) in [5.74, 6) is -0.277. The van der Waals surface area contributed by atoms with E-state index >= 15 is 0 Å². The van der Waals surface area contributed by atoms with Gasteiger partial charge in [-0.1, -0.05) is 0 Å². The van der Waals surface area contributed by atoms with Crippen molar-refractivity contribution in [3.63, 3.8) is 0 Å². The highest BCUT2D eigenvalue weighted by atomic mass is 19.4. The average Bonchev–Trinajstić information content (AvgIpc) is 3.06. The van der Waals surface area contributed by atoms with Crippen LogP contribution in [0.5, 0.6) is 0 Å². The van der Waals surface area contributed by atoms with Gasteiger partial charge in [-0.2, -0.15) is 18.3 Å². The molecule has 0 aliphatic carbocycles. The Morgan fingerprint density at radius 1 is 1.30 bits per heavy atom. The van der Waals surface area contributed by atoms with Crippen LogP contribution in [0.25, 0.3) is 0 Å². The Labute approximate surface area is 128 Å². The largest absolute Gasteiger partial charge is 0.443 e. The maximum atomic E-state index is 13.3. The molecule has 120 valence electrons. The van der Waals surface area contributed by atoms with Crippen molar-refractivity contribution >= 4 is 11.7 Å². The molecular weight excluding hydrogens is 313 g/mol. The van der Waals surface area contributed by atoms with Crippen molar-refractivity contribution in [2.75, 3.05) is 5.32 Å². The summed E-state index contributed by atoms with van der Waals surface area (Å²) in [5, 5.41) is 12.8. The Morgan fingerprint density at radius 2 is 2.17 bits per heavy atom. The number of aromatic nitrogens is 3. The molecule has 2 aromatic rings. The first-order valence-electron chi connectivity index (χ1n) is 6.48. The minimum absolute atomic E-state index is 0.00520. The maximum absolute atomic E-state index is 13.3. The number of ether oxygens (including phenoxy) is 1. The van der Waals surface area contributed by atoms with Crippen LogP contribution in [0.1, 0.15) is 16.8 Å². The molecule has 23 heavy (non-hydrogen) atoms. The van der Waals surface area contributed by atoms with Crippen LogP contribution in [0.15, 0.2) is 42.1 Å². The highest BCUT2D eigenvalue weighted by Gasteiger charge is 2.35. The van der Waals surface area contributed by atoms with E-state index in [9.17, 15) is 13.2 Å². The number of halogens is 3. The molecule has 1 aliphatic rings. The highest BCUT2D eigenvalue weighted by molar-refractivity contribution is 5.94. The number of nitrogens with zero attached hydrogens (tertiary/aromatic N) is 3. The van der Waals surface area contributed by atoms with E-state index in [1.165, 1.54) is 24.9 Å². The van der Waals surface area contributed by atoms with Crippen LogP contribution in [0.4, 0.5) is 19.0 Å². The minimum Gasteiger partial charge on any atom is -0.443 e. The molecule has 3 rings (SSSR count). The molecule has 2 aromatic heterocycles. The van der Waals surface area contributed by atoms with Gasteiger partial charge in [-0.05, 0) is 12.1 Å². The molecule has 0 aromatic carbocycles. The number of hydrogen-bond acceptors (Lipinski definition) is 6. The molecule has 0 saturated carbocycles. The van der Waals surface area contributed by atoms with Gasteiger partial charge >= 0.3 is 6.18 Å². The van der Waals surface area contributed by atoms with Crippen LogP contribution >= 0.6 is 0 Å². The number of nitrogens with one attached hydrogen (secondary N) is 3. The van der Waals surface area contributed by atoms with Crippen LogP contribution in [0, 0.1) is 0 Å². The van der Waals surface area contributed by atoms with Crippen molar-refractivity contribution in [3.8, 4) is 0 Å². The van der Waals surface area contributed by atoms with Crippen molar-refractivity contribution in [2.24, 2.45) is 5.10 Å². The predicted molar refractivity (Wildman–Crippen MR) is 75.1 cm³/mol. The Balaban J connectivity index is 1.88. The summed E-state index contributed by atoms with van der Waals surface area (Å²) in [6.07, 6.45) is 0.876. The number of alkyl halides is 3. The Kier molecular flexibility index (Phi) is 3.87. The quantitative estimate of drug-likeness (QED) is 0.802. The number of hydrazone groups is 1. The van der Waals surface area contributed by atoms with Gasteiger partial charge in [0.15, 0.2) is 0 Å². The van der Waals surface area contributed by atoms with E-state index in [-0.39, 0.29) is 23.8 Å². The van der Waals surface area contributed by atoms with Gasteiger partial charge in [0.1, 0.15) is 12.1 Å². The summed E-state index contributed by atoms with van der Waals surface area (Å²) in [6.45, 7) is 0.136. The number of H-pyrrole nitrogens is 1. The van der Waals surface area contributed by atoms with Gasteiger partial charge in [0.05, 0.1) is 29.6 Å². The molecule has 0 radical (unpaired) electrons. The summed E-state index contributed by atoms with van der Waals surface area (Å²) >= 11 is 0. The van der Waals surface area contributed by atoms with Gasteiger partial charge in [-0.25, -0.2) is 4.98 Å². The molecule has 7 nitrogen and oxygen atoms in total. The molecule has 3 N–H and O–H groups in total. The van der Waals surface area contributed by atoms with Crippen LogP contribution < -0.4 is 10.7 Å². The Morgan fingerprint density at radius 3 is 2.83 bits per heavy atom. The van der Waals surface area contributed by atoms with Crippen LogP contribution in [0.3, 0.4) is 0 Å². The summed E-state index contributed by atoms with van der Waals surface area (Å²) in [6, 6.07) is 2.58. The normalized spacial score (nSPS) is 14.0. The van der Waals surface area contributed by atoms with Crippen molar-refractivity contribution in [1.29, 1.82) is 0 Å². The van der Waals surface area contributed by atoms with E-state index in [0.717, 1.165) is 6.07 Å². The summed E-state index contributed by atoms with van der Waals surface area (Å²) < 4.78 is 44.8. The average molecular weight is 324 g/mol. The fraction of sp³-hybridized carbons (Fsp3) is 0.154. The first kappa shape index (κ1) is 14.9. The topological polar surface area (TPSA) is 87.2 Å². The molecule has 0 atom stereocenters. The monoisotopic (exact) mass is 324 g/mol. The second-order valence-electron chi connectivity index (χ2n) is 4.52. The smallest absolute Gasteiger partial charge is 0.419 e. The maximum Gasteiger partial charge on any atom is 0.419 e. The molecule has 1 aliphatic heterocycles. The molecule has 3 heterocycles. The summed E-state index contributed by atoms with van der Waals surface area (Å²) in [4.78, 5) is 3.84. The van der Waals surface area contributed by atoms with E-state index in [4.69, 9.17) is 4.74 Å². The van der Waals surface area contributed by atoms with Crippen LogP contribution in [-0.2, 0) is 17.5 Å². The van der Waals surface area contributed by atoms with Gasteiger partial charge in [0.25, 0.3) is 0 Å². The fourth-order valence-corrected chi connectivity index (χ4v) is 1.88. The molecule has 0 spiro atoms. The van der Waals surface area contributed by atoms with Gasteiger partial charge in [0.2, 0.25) is 5.90 Å². The zero-order chi connectivity index (χ0) is 16.3. The van der Waals surface area contributed by atoms with E-state index in [1.807, 2.05) is 0 Å². The molecule has 0 unspecified atom stereocenters. The van der Waals surface area contributed by atoms with Gasteiger partial charge in [-0.15, -0.1) is 5.10 Å². The summed E-state index contributed by atoms with van der Waals surface area (Å²) in [7, 11) is 0. The van der Waals surface area contributed by atoms with E-state index in [1.54, 1.807) is 6.07 Å². The zero-order valence-corrected chi connectivity index (χ0v) is 11.6. The van der Waals surface area contributed by atoms with Crippen molar-refractivity contribution in [1.82, 2.24) is 20.6 Å². The number of rotatable bonds is 4. The standard InChI is InChI=1S/C13H11F3N6O/c14-13(15,16)10-5-8(12-22-20-3-4-23-12)6-17-11(10)18-7-9-1-2-19-21-9/h1-6,20H,7H2,(H,17,18)(H,19,21). The molecule has 0 fully saturated rings. The lowest BCUT2D eigenvalue weighted by molar-refractivity contribution is -0.137. The van der Waals surface area contributed by atoms with E-state index in [2.05, 4.69) is 31.0 Å². The second kappa shape index (κ2) is 5.99. The molecule has 10 heteroatoms. The lowest BCUT2D eigenvalue weighted by Gasteiger charge is -2.15. The van der Waals surface area contributed by atoms with E-state index < -0.39 is 11.7 Å². The third-order valence-electron chi connectivity index (χ3n) is 2.93. The number of hydrogen-bond donors (Lipinski definition) is 3. The van der Waals surface area contributed by atoms with Crippen molar-refractivity contribution in [2.45, 2.75) is 12.7 Å². The predicted octanol–water partition coefficient (Wildman–Crippen LogP) is 2.19. The molecule has 0 bridgehead atoms. The molecule has 0 saturated heterocycles. The number of aromatic amines is 1. The molecular formula is C13H11F3N6O. The number of anilines is 1. The SMILES string of the molecule is FC(F)(F)c1cc(C2=NNC=CO2)cnc1NCc1ccn[nH]1. The first-order valence-corrected chi connectivity index (χ1v) is 6.48. The van der Waals surface area contributed by atoms with Gasteiger partial charge in [0, 0.05) is 12.4 Å². The fourth-order valence-electron chi connectivity index (χ4n) is 1.88. The number of pyridine rings is 1. The van der Waals surface area contributed by atoms with Gasteiger partial charge < -0.3 is 10.1 Å². The van der Waals surface area contributed by atoms with Crippen LogP contribution in [0.2, 0.25) is 0 Å². The summed E-state index contributed by atoms with van der Waals surface area (Å²) in [5.41, 5.74) is 2.34. The lowest BCUT2D eigenvalue weighted by Crippen LogP contribution is -2.17. The lowest BCUT2D eigenvalue weighted by atomic mass is 10.1. The third kappa shape index (κ3) is 3.42. The van der Waals surface area contributed by atoms with Gasteiger partial charge in [-0.3, -0.25) is 10.5 Å². The zero-order valence-electron chi connectivity index (χ0n) is 11.6. The Hall–Kier alpha value is -3.04. The highest BCUT2D eigenvalue weighted by Crippen LogP contribution is 2.34. The molecule has 0 amide bonds. The Bertz CT molecular complexity index is 739. The second-order valence-corrected chi connectivity index (χ2v) is 4.52.